The quantitative estimate of drug-likeness (QED) is 0.146. The van der Waals surface area contributed by atoms with Gasteiger partial charge in [0.2, 0.25) is 5.89 Å². The average molecular weight is 753 g/mol. The lowest BCUT2D eigenvalue weighted by Crippen LogP contribution is -2.43. The molecule has 0 bridgehead atoms. The Hall–Kier alpha value is -5.44. The first-order valence-corrected chi connectivity index (χ1v) is 18.6. The van der Waals surface area contributed by atoms with E-state index in [-0.39, 0.29) is 36.4 Å². The number of amides is 2. The number of benzene rings is 3. The van der Waals surface area contributed by atoms with Crippen LogP contribution in [0.25, 0.3) is 56.1 Å². The standard InChI is InChI=1S/C40H40FN5O7S/c1-40(2,3)53-39(48)45-17-14-24(15-18-45)22-46(54(49)50)23-28-20-33-31(34(37(47)42-4)35(51-33)25-10-12-29(41)13-11-25)21-30(28)26-7-5-8-27(19-26)38-44-36-32(52-38)9-6-16-43-36/h5-13,16,19-21,24H,14-15,17-18,22-23H2,1-4H3,(H,42,47)(H,49,50)/p-1. The van der Waals surface area contributed by atoms with Crippen LogP contribution >= 0.6 is 0 Å². The average Bonchev–Trinajstić information content (AvgIpc) is 3.76. The predicted molar refractivity (Wildman–Crippen MR) is 201 cm³/mol. The fourth-order valence-electron chi connectivity index (χ4n) is 6.73. The third kappa shape index (κ3) is 7.91. The van der Waals surface area contributed by atoms with E-state index in [1.165, 1.54) is 35.6 Å². The number of nitrogens with one attached hydrogen (secondary N) is 1. The lowest BCUT2D eigenvalue weighted by atomic mass is 9.94. The van der Waals surface area contributed by atoms with Gasteiger partial charge < -0.3 is 28.3 Å². The van der Waals surface area contributed by atoms with Crippen molar-refractivity contribution in [1.82, 2.24) is 24.5 Å². The van der Waals surface area contributed by atoms with Gasteiger partial charge in [-0.3, -0.25) is 9.00 Å². The molecule has 14 heteroatoms. The fourth-order valence-corrected chi connectivity index (χ4v) is 7.31. The Bertz CT molecular complexity index is 2330. The zero-order valence-corrected chi connectivity index (χ0v) is 31.1. The summed E-state index contributed by atoms with van der Waals surface area (Å²) in [7, 11) is 1.52. The summed E-state index contributed by atoms with van der Waals surface area (Å²) in [4.78, 5) is 36.6. The second kappa shape index (κ2) is 15.1. The highest BCUT2D eigenvalue weighted by atomic mass is 32.2. The second-order valence-corrected chi connectivity index (χ2v) is 15.2. The van der Waals surface area contributed by atoms with E-state index >= 15 is 0 Å². The molecule has 0 radical (unpaired) electrons. The molecular weight excluding hydrogens is 714 g/mol. The van der Waals surface area contributed by atoms with Crippen LogP contribution in [-0.2, 0) is 22.5 Å². The van der Waals surface area contributed by atoms with Crippen LogP contribution in [0, 0.1) is 11.7 Å². The molecule has 0 saturated carbocycles. The molecule has 4 heterocycles. The van der Waals surface area contributed by atoms with Gasteiger partial charge in [-0.2, -0.15) is 4.98 Å². The molecule has 1 saturated heterocycles. The third-order valence-corrected chi connectivity index (χ3v) is 10.0. The zero-order valence-electron chi connectivity index (χ0n) is 30.3. The predicted octanol–water partition coefficient (Wildman–Crippen LogP) is 7.71. The first kappa shape index (κ1) is 36.9. The maximum absolute atomic E-state index is 13.9. The number of nitrogens with zero attached hydrogens (tertiary/aromatic N) is 4. The van der Waals surface area contributed by atoms with Gasteiger partial charge in [0, 0.05) is 67.2 Å². The minimum absolute atomic E-state index is 0.00147. The second-order valence-electron chi connectivity index (χ2n) is 14.3. The Kier molecular flexibility index (Phi) is 10.3. The lowest BCUT2D eigenvalue weighted by Gasteiger charge is -2.36. The summed E-state index contributed by atoms with van der Waals surface area (Å²) in [5.41, 5.74) is 4.17. The number of hydrogen-bond acceptors (Lipinski definition) is 9. The number of rotatable bonds is 9. The van der Waals surface area contributed by atoms with Crippen molar-refractivity contribution in [2.75, 3.05) is 26.7 Å². The van der Waals surface area contributed by atoms with Crippen molar-refractivity contribution in [2.24, 2.45) is 5.92 Å². The van der Waals surface area contributed by atoms with Crippen molar-refractivity contribution < 1.29 is 36.3 Å². The van der Waals surface area contributed by atoms with Gasteiger partial charge in [-0.1, -0.05) is 12.1 Å². The van der Waals surface area contributed by atoms with Crippen LogP contribution in [0.4, 0.5) is 9.18 Å². The van der Waals surface area contributed by atoms with E-state index in [0.717, 1.165) is 0 Å². The highest BCUT2D eigenvalue weighted by molar-refractivity contribution is 7.76. The molecule has 3 aromatic heterocycles. The number of ether oxygens (including phenoxy) is 1. The molecular formula is C40H39FN5O7S-. The molecule has 1 atom stereocenters. The molecule has 1 fully saturated rings. The van der Waals surface area contributed by atoms with E-state index < -0.39 is 28.6 Å². The van der Waals surface area contributed by atoms with E-state index in [1.807, 2.05) is 51.1 Å². The van der Waals surface area contributed by atoms with Crippen molar-refractivity contribution in [3.8, 4) is 33.9 Å². The molecule has 280 valence electrons. The van der Waals surface area contributed by atoms with Gasteiger partial charge in [0.15, 0.2) is 11.2 Å². The van der Waals surface area contributed by atoms with E-state index in [4.69, 9.17) is 13.6 Å². The van der Waals surface area contributed by atoms with E-state index in [9.17, 15) is 22.7 Å². The van der Waals surface area contributed by atoms with Crippen molar-refractivity contribution in [3.63, 3.8) is 0 Å². The summed E-state index contributed by atoms with van der Waals surface area (Å²) in [5, 5.41) is 3.18. The molecule has 1 aliphatic rings. The molecule has 1 aliphatic heterocycles. The Morgan fingerprint density at radius 1 is 1.00 bits per heavy atom. The van der Waals surface area contributed by atoms with Gasteiger partial charge in [-0.15, -0.1) is 0 Å². The van der Waals surface area contributed by atoms with Gasteiger partial charge in [0.25, 0.3) is 5.91 Å². The number of hydrogen-bond donors (Lipinski definition) is 1. The summed E-state index contributed by atoms with van der Waals surface area (Å²) in [5.74, 6) is -0.225. The molecule has 0 spiro atoms. The van der Waals surface area contributed by atoms with Crippen LogP contribution in [-0.4, -0.2) is 72.2 Å². The van der Waals surface area contributed by atoms with Crippen molar-refractivity contribution in [3.05, 3.63) is 95.9 Å². The minimum atomic E-state index is -2.60. The molecule has 1 N–H and O–H groups in total. The molecule has 54 heavy (non-hydrogen) atoms. The van der Waals surface area contributed by atoms with Crippen molar-refractivity contribution in [1.29, 1.82) is 0 Å². The number of piperidine rings is 1. The maximum Gasteiger partial charge on any atom is 0.410 e. The van der Waals surface area contributed by atoms with E-state index in [2.05, 4.69) is 15.3 Å². The lowest BCUT2D eigenvalue weighted by molar-refractivity contribution is 0.0177. The SMILES string of the molecule is CNC(=O)c1c(-c2ccc(F)cc2)oc2cc(CN(CC3CCN(C(=O)OC(C)(C)C)CC3)S(=O)[O-])c(-c3cccc(-c4nc5ncccc5o4)c3)cc12. The van der Waals surface area contributed by atoms with Crippen LogP contribution in [0.2, 0.25) is 0 Å². The third-order valence-electron chi connectivity index (χ3n) is 9.35. The molecule has 3 aromatic carbocycles. The zero-order chi connectivity index (χ0) is 38.1. The van der Waals surface area contributed by atoms with Crippen molar-refractivity contribution >= 4 is 45.5 Å². The number of pyridine rings is 1. The maximum atomic E-state index is 13.9. The first-order valence-electron chi connectivity index (χ1n) is 17.6. The summed E-state index contributed by atoms with van der Waals surface area (Å²) < 4.78 is 58.8. The molecule has 1 unspecified atom stereocenters. The van der Waals surface area contributed by atoms with Crippen LogP contribution in [0.1, 0.15) is 49.5 Å². The fraction of sp³-hybridized carbons (Fsp3) is 0.300. The molecule has 6 aromatic rings. The van der Waals surface area contributed by atoms with Gasteiger partial charge >= 0.3 is 6.09 Å². The normalized spacial score (nSPS) is 14.5. The number of carbonyl (C=O) groups is 2. The monoisotopic (exact) mass is 752 g/mol. The number of furan rings is 1. The van der Waals surface area contributed by atoms with E-state index in [1.54, 1.807) is 29.3 Å². The Labute approximate surface area is 313 Å². The van der Waals surface area contributed by atoms with Gasteiger partial charge in [-0.25, -0.2) is 18.5 Å². The highest BCUT2D eigenvalue weighted by Gasteiger charge is 2.29. The number of fused-ring (bicyclic) bond motifs is 2. The van der Waals surface area contributed by atoms with Crippen LogP contribution in [0.3, 0.4) is 0 Å². The first-order chi connectivity index (χ1) is 25.9. The molecule has 0 aliphatic carbocycles. The number of aromatic nitrogens is 2. The number of likely N-dealkylation sites (tertiary alicyclic amines) is 1. The Morgan fingerprint density at radius 3 is 2.43 bits per heavy atom. The summed E-state index contributed by atoms with van der Waals surface area (Å²) in [6, 6.07) is 20.3. The van der Waals surface area contributed by atoms with E-state index in [0.29, 0.717) is 81.8 Å². The molecule has 2 amide bonds. The smallest absolute Gasteiger partial charge is 0.410 e. The van der Waals surface area contributed by atoms with Gasteiger partial charge in [0.05, 0.1) is 5.56 Å². The number of oxazole rings is 1. The van der Waals surface area contributed by atoms with Crippen LogP contribution in [0.5, 0.6) is 0 Å². The van der Waals surface area contributed by atoms with Gasteiger partial charge in [0.1, 0.15) is 22.8 Å². The number of halogens is 1. The van der Waals surface area contributed by atoms with Crippen LogP contribution in [0.15, 0.2) is 87.8 Å². The molecule has 12 nitrogen and oxygen atoms in total. The Balaban J connectivity index is 1.28. The number of carbonyl (C=O) groups excluding carboxylic acids is 2. The summed E-state index contributed by atoms with van der Waals surface area (Å²) in [6.07, 6.45) is 2.47. The summed E-state index contributed by atoms with van der Waals surface area (Å²) in [6.45, 7) is 6.59. The topological polar surface area (TPSA) is 154 Å². The highest BCUT2D eigenvalue weighted by Crippen LogP contribution is 2.39. The minimum Gasteiger partial charge on any atom is -0.760 e. The summed E-state index contributed by atoms with van der Waals surface area (Å²) >= 11 is -2.60. The Morgan fingerprint density at radius 2 is 1.74 bits per heavy atom. The van der Waals surface area contributed by atoms with Crippen LogP contribution < -0.4 is 5.32 Å². The van der Waals surface area contributed by atoms with Gasteiger partial charge in [-0.05, 0) is 117 Å². The molecule has 7 rings (SSSR count). The van der Waals surface area contributed by atoms with Crippen molar-refractivity contribution in [2.45, 2.75) is 45.8 Å². The largest absolute Gasteiger partial charge is 0.760 e.